The van der Waals surface area contributed by atoms with Crippen LogP contribution in [0.15, 0.2) is 53.5 Å². The summed E-state index contributed by atoms with van der Waals surface area (Å²) in [6.07, 6.45) is 8.61. The highest BCUT2D eigenvalue weighted by Gasteiger charge is 2.26. The molecule has 31 heavy (non-hydrogen) atoms. The smallest absolute Gasteiger partial charge is 0.228 e. The number of nitrogens with one attached hydrogen (secondary N) is 1. The van der Waals surface area contributed by atoms with Crippen molar-refractivity contribution in [2.24, 2.45) is 13.0 Å². The Morgan fingerprint density at radius 2 is 2.06 bits per heavy atom. The van der Waals surface area contributed by atoms with Gasteiger partial charge in [0.05, 0.1) is 24.5 Å². The molecule has 0 saturated carbocycles. The molecule has 1 N–H and O–H groups in total. The van der Waals surface area contributed by atoms with Gasteiger partial charge in [-0.25, -0.2) is 4.98 Å². The van der Waals surface area contributed by atoms with Crippen LogP contribution in [0.5, 0.6) is 0 Å². The molecule has 0 unspecified atom stereocenters. The van der Waals surface area contributed by atoms with Crippen LogP contribution in [0.1, 0.15) is 18.7 Å². The number of hydrogen-bond donors (Lipinski definition) is 1. The van der Waals surface area contributed by atoms with Gasteiger partial charge in [0.1, 0.15) is 6.26 Å². The van der Waals surface area contributed by atoms with Crippen molar-refractivity contribution in [3.8, 4) is 11.1 Å². The zero-order chi connectivity index (χ0) is 21.2. The van der Waals surface area contributed by atoms with E-state index in [1.54, 1.807) is 17.1 Å². The van der Waals surface area contributed by atoms with Crippen LogP contribution in [0.2, 0.25) is 0 Å². The number of rotatable bonds is 5. The zero-order valence-corrected chi connectivity index (χ0v) is 17.2. The van der Waals surface area contributed by atoms with Gasteiger partial charge < -0.3 is 9.73 Å². The number of aromatic nitrogens is 5. The molecule has 9 heteroatoms. The summed E-state index contributed by atoms with van der Waals surface area (Å²) in [7, 11) is 1.89. The second-order valence-corrected chi connectivity index (χ2v) is 7.87. The molecule has 158 valence electrons. The summed E-state index contributed by atoms with van der Waals surface area (Å²) in [5.41, 5.74) is 2.86. The lowest BCUT2D eigenvalue weighted by molar-refractivity contribution is -0.121. The normalized spacial score (nSPS) is 15.4. The van der Waals surface area contributed by atoms with Gasteiger partial charge in [-0.15, -0.1) is 10.2 Å². The molecule has 0 aliphatic carbocycles. The van der Waals surface area contributed by atoms with Crippen LogP contribution in [-0.2, 0) is 18.4 Å². The Morgan fingerprint density at radius 1 is 1.19 bits per heavy atom. The van der Waals surface area contributed by atoms with Crippen molar-refractivity contribution in [2.75, 3.05) is 18.4 Å². The van der Waals surface area contributed by atoms with Crippen LogP contribution in [0.4, 0.5) is 5.82 Å². The van der Waals surface area contributed by atoms with Gasteiger partial charge in [0.25, 0.3) is 0 Å². The third-order valence-corrected chi connectivity index (χ3v) is 5.68. The molecule has 3 aromatic heterocycles. The van der Waals surface area contributed by atoms with Gasteiger partial charge in [0.2, 0.25) is 11.8 Å². The van der Waals surface area contributed by atoms with E-state index in [1.807, 2.05) is 43.7 Å². The van der Waals surface area contributed by atoms with Crippen LogP contribution < -0.4 is 5.32 Å². The number of benzene rings is 1. The Morgan fingerprint density at radius 3 is 2.81 bits per heavy atom. The topological polar surface area (TPSA) is 102 Å². The lowest BCUT2D eigenvalue weighted by Crippen LogP contribution is -2.37. The van der Waals surface area contributed by atoms with Crippen molar-refractivity contribution in [1.29, 1.82) is 0 Å². The predicted molar refractivity (Wildman–Crippen MR) is 115 cm³/mol. The van der Waals surface area contributed by atoms with E-state index < -0.39 is 0 Å². The van der Waals surface area contributed by atoms with Gasteiger partial charge in [-0.05, 0) is 49.7 Å². The number of aryl methyl sites for hydroxylation is 1. The van der Waals surface area contributed by atoms with Crippen LogP contribution in [0, 0.1) is 5.92 Å². The lowest BCUT2D eigenvalue weighted by Gasteiger charge is -2.30. The van der Waals surface area contributed by atoms with E-state index in [2.05, 4.69) is 30.5 Å². The van der Waals surface area contributed by atoms with Crippen molar-refractivity contribution < 1.29 is 9.21 Å². The highest BCUT2D eigenvalue weighted by atomic mass is 16.3. The molecule has 0 bridgehead atoms. The molecule has 1 fully saturated rings. The fraction of sp³-hybridized carbons (Fsp3) is 0.318. The summed E-state index contributed by atoms with van der Waals surface area (Å²) in [4.78, 5) is 19.2. The molecule has 1 saturated heterocycles. The van der Waals surface area contributed by atoms with Gasteiger partial charge in [-0.3, -0.25) is 14.4 Å². The molecule has 1 aliphatic heterocycles. The molecule has 0 atom stereocenters. The average molecular weight is 417 g/mol. The quantitative estimate of drug-likeness (QED) is 0.533. The third kappa shape index (κ3) is 4.31. The molecule has 1 aromatic carbocycles. The summed E-state index contributed by atoms with van der Waals surface area (Å²) in [6, 6.07) is 7.84. The van der Waals surface area contributed by atoms with Crippen molar-refractivity contribution >= 4 is 22.6 Å². The number of carbonyl (C=O) groups is 1. The molecule has 4 aromatic rings. The molecule has 0 radical (unpaired) electrons. The molecule has 1 aliphatic rings. The Kier molecular flexibility index (Phi) is 5.17. The monoisotopic (exact) mass is 417 g/mol. The fourth-order valence-corrected chi connectivity index (χ4v) is 3.96. The van der Waals surface area contributed by atoms with Gasteiger partial charge in [0, 0.05) is 30.1 Å². The van der Waals surface area contributed by atoms with Gasteiger partial charge in [-0.1, -0.05) is 6.07 Å². The summed E-state index contributed by atoms with van der Waals surface area (Å²) < 4.78 is 7.08. The number of oxazole rings is 1. The van der Waals surface area contributed by atoms with E-state index in [0.717, 1.165) is 48.0 Å². The van der Waals surface area contributed by atoms with E-state index in [4.69, 9.17) is 4.42 Å². The highest BCUT2D eigenvalue weighted by molar-refractivity contribution is 5.94. The van der Waals surface area contributed by atoms with Crippen LogP contribution >= 0.6 is 0 Å². The van der Waals surface area contributed by atoms with E-state index in [0.29, 0.717) is 18.3 Å². The number of likely N-dealkylation sites (tertiary alicyclic amines) is 1. The summed E-state index contributed by atoms with van der Waals surface area (Å²) >= 11 is 0. The Labute approximate surface area is 179 Å². The first kappa shape index (κ1) is 19.4. The predicted octanol–water partition coefficient (Wildman–Crippen LogP) is 2.87. The van der Waals surface area contributed by atoms with Crippen molar-refractivity contribution in [1.82, 2.24) is 29.9 Å². The lowest BCUT2D eigenvalue weighted by atomic mass is 9.96. The first-order chi connectivity index (χ1) is 15.1. The molecular weight excluding hydrogens is 394 g/mol. The van der Waals surface area contributed by atoms with Crippen LogP contribution in [-0.4, -0.2) is 48.9 Å². The molecular formula is C22H23N7O2. The molecule has 9 nitrogen and oxygen atoms in total. The maximum absolute atomic E-state index is 12.8. The fourth-order valence-electron chi connectivity index (χ4n) is 3.96. The van der Waals surface area contributed by atoms with E-state index in [9.17, 15) is 4.79 Å². The molecule has 5 rings (SSSR count). The molecule has 4 heterocycles. The second kappa shape index (κ2) is 8.27. The average Bonchev–Trinajstić information content (AvgIpc) is 3.45. The number of piperidine rings is 1. The molecule has 1 amide bonds. The third-order valence-electron chi connectivity index (χ3n) is 5.68. The Hall–Kier alpha value is -3.59. The Balaban J connectivity index is 1.24. The minimum atomic E-state index is -0.0416. The van der Waals surface area contributed by atoms with Crippen molar-refractivity contribution in [2.45, 2.75) is 19.4 Å². The number of hydrogen-bond acceptors (Lipinski definition) is 7. The van der Waals surface area contributed by atoms with Crippen molar-refractivity contribution in [3.05, 3.63) is 55.0 Å². The zero-order valence-electron chi connectivity index (χ0n) is 17.2. The summed E-state index contributed by atoms with van der Waals surface area (Å²) in [5, 5.41) is 16.5. The number of anilines is 1. The van der Waals surface area contributed by atoms with E-state index in [-0.39, 0.29) is 11.8 Å². The number of fused-ring (bicyclic) bond motifs is 1. The first-order valence-corrected chi connectivity index (χ1v) is 10.3. The Bertz CT molecular complexity index is 1190. The number of nitrogens with zero attached hydrogens (tertiary/aromatic N) is 6. The minimum absolute atomic E-state index is 0.00663. The van der Waals surface area contributed by atoms with Crippen LogP contribution in [0.25, 0.3) is 22.0 Å². The standard InChI is InChI=1S/C22H23N7O2/c1-28-13-18(12-24-28)16-2-3-19-17(10-16)11-20(27-26-19)25-22(30)15-4-7-29(8-5-15)14-21-23-6-9-31-21/h2-3,6,9-13,15H,4-5,7-8,14H2,1H3,(H,25,27,30). The highest BCUT2D eigenvalue weighted by Crippen LogP contribution is 2.25. The maximum atomic E-state index is 12.8. The second-order valence-electron chi connectivity index (χ2n) is 7.87. The van der Waals surface area contributed by atoms with Gasteiger partial charge in [0.15, 0.2) is 5.82 Å². The minimum Gasteiger partial charge on any atom is -0.448 e. The van der Waals surface area contributed by atoms with Crippen molar-refractivity contribution in [3.63, 3.8) is 0 Å². The van der Waals surface area contributed by atoms with Crippen LogP contribution in [0.3, 0.4) is 0 Å². The van der Waals surface area contributed by atoms with E-state index >= 15 is 0 Å². The number of carbonyl (C=O) groups excluding carboxylic acids is 1. The number of amides is 1. The summed E-state index contributed by atoms with van der Waals surface area (Å²) in [6.45, 7) is 2.34. The van der Waals surface area contributed by atoms with Gasteiger partial charge >= 0.3 is 0 Å². The largest absolute Gasteiger partial charge is 0.448 e. The SMILES string of the molecule is Cn1cc(-c2ccc3nnc(NC(=O)C4CCN(Cc5ncco5)CC4)cc3c2)cn1. The summed E-state index contributed by atoms with van der Waals surface area (Å²) in [5.74, 6) is 1.14. The maximum Gasteiger partial charge on any atom is 0.228 e. The molecule has 0 spiro atoms. The van der Waals surface area contributed by atoms with E-state index in [1.165, 1.54) is 0 Å². The first-order valence-electron chi connectivity index (χ1n) is 10.3. The van der Waals surface area contributed by atoms with Gasteiger partial charge in [-0.2, -0.15) is 5.10 Å².